The molecule has 0 saturated carbocycles. The van der Waals surface area contributed by atoms with Crippen molar-refractivity contribution in [2.24, 2.45) is 11.0 Å². The van der Waals surface area contributed by atoms with Gasteiger partial charge in [0.2, 0.25) is 0 Å². The smallest absolute Gasteiger partial charge is 0.267 e. The number of rotatable bonds is 3. The third-order valence-electron chi connectivity index (χ3n) is 2.57. The number of hydrogen-bond donors (Lipinski definition) is 1. The van der Waals surface area contributed by atoms with Crippen molar-refractivity contribution >= 4 is 22.9 Å². The van der Waals surface area contributed by atoms with E-state index in [4.69, 9.17) is 0 Å². The summed E-state index contributed by atoms with van der Waals surface area (Å²) in [6, 6.07) is 13.5. The number of amides is 1. The van der Waals surface area contributed by atoms with Crippen molar-refractivity contribution in [2.45, 2.75) is 13.8 Å². The second-order valence-electron chi connectivity index (χ2n) is 4.49. The first-order valence-corrected chi connectivity index (χ1v) is 6.00. The highest BCUT2D eigenvalue weighted by atomic mass is 16.2. The Morgan fingerprint density at radius 2 is 1.89 bits per heavy atom. The van der Waals surface area contributed by atoms with Crippen LogP contribution < -0.4 is 5.43 Å². The predicted molar refractivity (Wildman–Crippen MR) is 74.7 cm³/mol. The SMILES string of the molecule is CC(C)/C=N/NC(=O)c1cccc2ccccc12. The first-order valence-electron chi connectivity index (χ1n) is 6.00. The molecule has 0 aliphatic carbocycles. The van der Waals surface area contributed by atoms with E-state index in [0.717, 1.165) is 10.8 Å². The van der Waals surface area contributed by atoms with E-state index in [9.17, 15) is 4.79 Å². The Morgan fingerprint density at radius 1 is 1.17 bits per heavy atom. The summed E-state index contributed by atoms with van der Waals surface area (Å²) in [7, 11) is 0. The molecular formula is C15H16N2O. The summed E-state index contributed by atoms with van der Waals surface area (Å²) in [5.74, 6) is 0.140. The Bertz CT molecular complexity index is 583. The number of fused-ring (bicyclic) bond motifs is 1. The fourth-order valence-corrected chi connectivity index (χ4v) is 1.73. The number of carbonyl (C=O) groups is 1. The lowest BCUT2D eigenvalue weighted by Crippen LogP contribution is -2.18. The third-order valence-corrected chi connectivity index (χ3v) is 2.57. The Morgan fingerprint density at radius 3 is 2.67 bits per heavy atom. The van der Waals surface area contributed by atoms with Crippen LogP contribution in [0.2, 0.25) is 0 Å². The molecule has 0 fully saturated rings. The molecule has 18 heavy (non-hydrogen) atoms. The van der Waals surface area contributed by atoms with E-state index in [-0.39, 0.29) is 5.91 Å². The minimum atomic E-state index is -0.177. The lowest BCUT2D eigenvalue weighted by Gasteiger charge is -2.04. The maximum Gasteiger partial charge on any atom is 0.271 e. The summed E-state index contributed by atoms with van der Waals surface area (Å²) in [5.41, 5.74) is 3.20. The second kappa shape index (κ2) is 5.45. The molecule has 0 bridgehead atoms. The monoisotopic (exact) mass is 240 g/mol. The topological polar surface area (TPSA) is 41.5 Å². The molecule has 0 saturated heterocycles. The normalized spacial score (nSPS) is 11.3. The second-order valence-corrected chi connectivity index (χ2v) is 4.49. The van der Waals surface area contributed by atoms with Crippen molar-refractivity contribution in [1.29, 1.82) is 0 Å². The summed E-state index contributed by atoms with van der Waals surface area (Å²) in [6.07, 6.45) is 1.71. The van der Waals surface area contributed by atoms with Gasteiger partial charge in [0, 0.05) is 11.8 Å². The van der Waals surface area contributed by atoms with Gasteiger partial charge in [0.25, 0.3) is 5.91 Å². The van der Waals surface area contributed by atoms with Gasteiger partial charge in [-0.1, -0.05) is 50.2 Å². The Balaban J connectivity index is 2.28. The zero-order valence-electron chi connectivity index (χ0n) is 10.6. The number of hydrazone groups is 1. The Hall–Kier alpha value is -2.16. The lowest BCUT2D eigenvalue weighted by molar-refractivity contribution is 0.0956. The van der Waals surface area contributed by atoms with Crippen molar-refractivity contribution in [3.05, 3.63) is 48.0 Å². The van der Waals surface area contributed by atoms with Crippen molar-refractivity contribution in [3.63, 3.8) is 0 Å². The van der Waals surface area contributed by atoms with Crippen LogP contribution in [0.4, 0.5) is 0 Å². The number of hydrogen-bond acceptors (Lipinski definition) is 2. The highest BCUT2D eigenvalue weighted by Crippen LogP contribution is 2.18. The molecule has 0 atom stereocenters. The van der Waals surface area contributed by atoms with Crippen molar-refractivity contribution < 1.29 is 4.79 Å². The molecule has 0 aliphatic rings. The maximum atomic E-state index is 12.0. The van der Waals surface area contributed by atoms with Gasteiger partial charge in [-0.2, -0.15) is 5.10 Å². The number of benzene rings is 2. The van der Waals surface area contributed by atoms with Gasteiger partial charge in [0.05, 0.1) is 0 Å². The Kier molecular flexibility index (Phi) is 3.72. The van der Waals surface area contributed by atoms with E-state index < -0.39 is 0 Å². The standard InChI is InChI=1S/C15H16N2O/c1-11(2)10-16-17-15(18)14-9-5-7-12-6-3-4-8-13(12)14/h3-11H,1-2H3,(H,17,18)/b16-10+. The quantitative estimate of drug-likeness (QED) is 0.649. The molecule has 2 aromatic carbocycles. The predicted octanol–water partition coefficient (Wildman–Crippen LogP) is 3.21. The number of carbonyl (C=O) groups excluding carboxylic acids is 1. The molecule has 92 valence electrons. The van der Waals surface area contributed by atoms with E-state index in [1.807, 2.05) is 56.3 Å². The highest BCUT2D eigenvalue weighted by molar-refractivity contribution is 6.07. The van der Waals surface area contributed by atoms with Gasteiger partial charge in [0.1, 0.15) is 0 Å². The maximum absolute atomic E-state index is 12.0. The average molecular weight is 240 g/mol. The molecule has 0 spiro atoms. The van der Waals surface area contributed by atoms with Gasteiger partial charge in [-0.25, -0.2) is 5.43 Å². The molecule has 0 aliphatic heterocycles. The molecule has 0 heterocycles. The van der Waals surface area contributed by atoms with E-state index in [0.29, 0.717) is 11.5 Å². The molecule has 1 N–H and O–H groups in total. The third kappa shape index (κ3) is 2.74. The van der Waals surface area contributed by atoms with Crippen molar-refractivity contribution in [3.8, 4) is 0 Å². The molecule has 0 aromatic heterocycles. The minimum Gasteiger partial charge on any atom is -0.267 e. The van der Waals surface area contributed by atoms with E-state index in [1.54, 1.807) is 6.21 Å². The molecule has 1 amide bonds. The van der Waals surface area contributed by atoms with E-state index in [1.165, 1.54) is 0 Å². The average Bonchev–Trinajstić information content (AvgIpc) is 2.37. The van der Waals surface area contributed by atoms with Gasteiger partial charge >= 0.3 is 0 Å². The van der Waals surface area contributed by atoms with Gasteiger partial charge < -0.3 is 0 Å². The Labute approximate surface area is 107 Å². The van der Waals surface area contributed by atoms with Gasteiger partial charge in [0.15, 0.2) is 0 Å². The van der Waals surface area contributed by atoms with Crippen LogP contribution in [0.1, 0.15) is 24.2 Å². The molecule has 3 nitrogen and oxygen atoms in total. The first kappa shape index (κ1) is 12.3. The van der Waals surface area contributed by atoms with Crippen LogP contribution in [0.3, 0.4) is 0 Å². The fraction of sp³-hybridized carbons (Fsp3) is 0.200. The lowest BCUT2D eigenvalue weighted by atomic mass is 10.0. The molecule has 3 heteroatoms. The van der Waals surface area contributed by atoms with Crippen LogP contribution >= 0.6 is 0 Å². The fourth-order valence-electron chi connectivity index (χ4n) is 1.73. The zero-order chi connectivity index (χ0) is 13.0. The van der Waals surface area contributed by atoms with Gasteiger partial charge in [-0.3, -0.25) is 4.79 Å². The summed E-state index contributed by atoms with van der Waals surface area (Å²) in [4.78, 5) is 12.0. The largest absolute Gasteiger partial charge is 0.271 e. The van der Waals surface area contributed by atoms with Crippen LogP contribution in [0.5, 0.6) is 0 Å². The summed E-state index contributed by atoms with van der Waals surface area (Å²) in [6.45, 7) is 4.02. The van der Waals surface area contributed by atoms with E-state index >= 15 is 0 Å². The van der Waals surface area contributed by atoms with Gasteiger partial charge in [-0.05, 0) is 22.8 Å². The van der Waals surface area contributed by atoms with Crippen molar-refractivity contribution in [1.82, 2.24) is 5.43 Å². The zero-order valence-corrected chi connectivity index (χ0v) is 10.6. The summed E-state index contributed by atoms with van der Waals surface area (Å²) < 4.78 is 0. The minimum absolute atomic E-state index is 0.177. The van der Waals surface area contributed by atoms with E-state index in [2.05, 4.69) is 10.5 Å². The number of nitrogens with zero attached hydrogens (tertiary/aromatic N) is 1. The molecule has 0 unspecified atom stereocenters. The summed E-state index contributed by atoms with van der Waals surface area (Å²) >= 11 is 0. The van der Waals surface area contributed by atoms with Crippen LogP contribution in [-0.4, -0.2) is 12.1 Å². The van der Waals surface area contributed by atoms with Gasteiger partial charge in [-0.15, -0.1) is 0 Å². The summed E-state index contributed by atoms with van der Waals surface area (Å²) in [5, 5.41) is 5.93. The number of nitrogens with one attached hydrogen (secondary N) is 1. The highest BCUT2D eigenvalue weighted by Gasteiger charge is 2.08. The van der Waals surface area contributed by atoms with Crippen molar-refractivity contribution in [2.75, 3.05) is 0 Å². The molecule has 0 radical (unpaired) electrons. The van der Waals surface area contributed by atoms with Crippen LogP contribution in [0, 0.1) is 5.92 Å². The van der Waals surface area contributed by atoms with Crippen LogP contribution in [0.15, 0.2) is 47.6 Å². The molecule has 2 aromatic rings. The van der Waals surface area contributed by atoms with Crippen LogP contribution in [-0.2, 0) is 0 Å². The van der Waals surface area contributed by atoms with Crippen LogP contribution in [0.25, 0.3) is 10.8 Å². The molecule has 2 rings (SSSR count). The first-order chi connectivity index (χ1) is 8.68. The molecular weight excluding hydrogens is 224 g/mol.